The van der Waals surface area contributed by atoms with Crippen molar-refractivity contribution >= 4 is 5.78 Å². The van der Waals surface area contributed by atoms with Gasteiger partial charge in [0, 0.05) is 23.4 Å². The fourth-order valence-electron chi connectivity index (χ4n) is 4.93. The number of ether oxygens (including phenoxy) is 1. The number of carbonyl (C=O) groups excluding carboxylic acids is 1. The normalized spacial score (nSPS) is 37.4. The van der Waals surface area contributed by atoms with Crippen molar-refractivity contribution in [3.8, 4) is 11.5 Å². The second-order valence-electron chi connectivity index (χ2n) is 6.75. The van der Waals surface area contributed by atoms with Crippen molar-refractivity contribution in [2.75, 3.05) is 6.54 Å². The summed E-state index contributed by atoms with van der Waals surface area (Å²) in [5, 5.41) is 13.7. The molecule has 4 unspecified atom stereocenters. The Kier molecular flexibility index (Phi) is 2.65. The molecule has 1 saturated carbocycles. The molecule has 2 heterocycles. The molecule has 4 nitrogen and oxygen atoms in total. The molecule has 0 radical (unpaired) electrons. The number of hydrogen-bond donors (Lipinski definition) is 2. The Morgan fingerprint density at radius 3 is 3.05 bits per heavy atom. The molecule has 4 atom stereocenters. The van der Waals surface area contributed by atoms with E-state index in [1.54, 1.807) is 6.07 Å². The van der Waals surface area contributed by atoms with Crippen LogP contribution in [0.15, 0.2) is 12.1 Å². The van der Waals surface area contributed by atoms with Crippen LogP contribution in [0.25, 0.3) is 0 Å². The van der Waals surface area contributed by atoms with Gasteiger partial charge in [-0.05, 0) is 50.8 Å². The van der Waals surface area contributed by atoms with Crippen molar-refractivity contribution in [2.24, 2.45) is 5.92 Å². The van der Waals surface area contributed by atoms with Crippen LogP contribution in [0.1, 0.15) is 37.3 Å². The van der Waals surface area contributed by atoms with E-state index >= 15 is 0 Å². The predicted octanol–water partition coefficient (Wildman–Crippen LogP) is 2.06. The van der Waals surface area contributed by atoms with Crippen molar-refractivity contribution in [1.82, 2.24) is 5.32 Å². The van der Waals surface area contributed by atoms with Crippen molar-refractivity contribution in [3.63, 3.8) is 0 Å². The molecule has 4 rings (SSSR count). The van der Waals surface area contributed by atoms with Crippen LogP contribution < -0.4 is 10.1 Å². The van der Waals surface area contributed by atoms with Crippen LogP contribution >= 0.6 is 0 Å². The molecule has 1 aromatic carbocycles. The monoisotopic (exact) mass is 287 g/mol. The Morgan fingerprint density at radius 1 is 1.43 bits per heavy atom. The molecule has 2 N–H and O–H groups in total. The molecule has 21 heavy (non-hydrogen) atoms. The van der Waals surface area contributed by atoms with E-state index in [-0.39, 0.29) is 16.9 Å². The number of nitrogens with one attached hydrogen (secondary N) is 1. The number of aryl methyl sites for hydroxylation is 1. The number of benzene rings is 1. The third-order valence-electron chi connectivity index (χ3n) is 5.78. The van der Waals surface area contributed by atoms with E-state index < -0.39 is 6.10 Å². The highest BCUT2D eigenvalue weighted by atomic mass is 16.5. The molecule has 4 heteroatoms. The van der Waals surface area contributed by atoms with Crippen molar-refractivity contribution in [2.45, 2.75) is 50.7 Å². The number of fused-ring (bicyclic) bond motifs is 1. The lowest BCUT2D eigenvalue weighted by Gasteiger charge is -2.50. The summed E-state index contributed by atoms with van der Waals surface area (Å²) in [5.41, 5.74) is 1.95. The zero-order chi connectivity index (χ0) is 14.8. The average molecular weight is 287 g/mol. The van der Waals surface area contributed by atoms with Crippen LogP contribution in [0, 0.1) is 12.8 Å². The maximum atomic E-state index is 12.5. The van der Waals surface area contributed by atoms with Gasteiger partial charge >= 0.3 is 0 Å². The second-order valence-corrected chi connectivity index (χ2v) is 6.75. The number of hydrogen-bond acceptors (Lipinski definition) is 4. The Labute approximate surface area is 124 Å². The SMILES string of the molecule is Cc1ccc(O)c2c1C13CCNC(C)C1CCC(=O)C3O2. The molecule has 3 aliphatic rings. The third-order valence-corrected chi connectivity index (χ3v) is 5.78. The van der Waals surface area contributed by atoms with Gasteiger partial charge in [0.25, 0.3) is 0 Å². The summed E-state index contributed by atoms with van der Waals surface area (Å²) < 4.78 is 6.02. The van der Waals surface area contributed by atoms with Gasteiger partial charge in [0.05, 0.1) is 0 Å². The molecular formula is C17H21NO3. The maximum absolute atomic E-state index is 12.5. The highest BCUT2D eigenvalue weighted by Gasteiger charge is 2.61. The summed E-state index contributed by atoms with van der Waals surface area (Å²) >= 11 is 0. The maximum Gasteiger partial charge on any atom is 0.174 e. The van der Waals surface area contributed by atoms with Crippen LogP contribution in [0.2, 0.25) is 0 Å². The minimum Gasteiger partial charge on any atom is -0.504 e. The molecule has 1 aliphatic carbocycles. The van der Waals surface area contributed by atoms with Crippen LogP contribution in [-0.2, 0) is 10.2 Å². The highest BCUT2D eigenvalue weighted by molar-refractivity contribution is 5.88. The van der Waals surface area contributed by atoms with Gasteiger partial charge in [-0.15, -0.1) is 0 Å². The van der Waals surface area contributed by atoms with Crippen molar-refractivity contribution in [3.05, 3.63) is 23.3 Å². The first-order valence-corrected chi connectivity index (χ1v) is 7.81. The smallest absolute Gasteiger partial charge is 0.174 e. The van der Waals surface area contributed by atoms with Gasteiger partial charge in [0.1, 0.15) is 0 Å². The molecule has 2 fully saturated rings. The van der Waals surface area contributed by atoms with Gasteiger partial charge in [-0.3, -0.25) is 4.79 Å². The first kappa shape index (κ1) is 13.1. The van der Waals surface area contributed by atoms with Gasteiger partial charge < -0.3 is 15.2 Å². The van der Waals surface area contributed by atoms with Gasteiger partial charge in [-0.1, -0.05) is 6.07 Å². The Bertz CT molecular complexity index is 627. The Hall–Kier alpha value is -1.55. The first-order valence-electron chi connectivity index (χ1n) is 7.81. The molecule has 0 amide bonds. The lowest BCUT2D eigenvalue weighted by atomic mass is 9.56. The van der Waals surface area contributed by atoms with Gasteiger partial charge in [0.2, 0.25) is 0 Å². The van der Waals surface area contributed by atoms with Crippen molar-refractivity contribution in [1.29, 1.82) is 0 Å². The van der Waals surface area contributed by atoms with Gasteiger partial charge in [-0.2, -0.15) is 0 Å². The van der Waals surface area contributed by atoms with E-state index in [9.17, 15) is 9.90 Å². The Balaban J connectivity index is 1.98. The minimum absolute atomic E-state index is 0.164. The van der Waals surface area contributed by atoms with Crippen LogP contribution in [0.5, 0.6) is 11.5 Å². The van der Waals surface area contributed by atoms with Crippen LogP contribution in [0.4, 0.5) is 0 Å². The largest absolute Gasteiger partial charge is 0.504 e. The predicted molar refractivity (Wildman–Crippen MR) is 78.8 cm³/mol. The number of piperidine rings is 1. The minimum atomic E-state index is -0.414. The number of phenols is 1. The van der Waals surface area contributed by atoms with E-state index in [4.69, 9.17) is 4.74 Å². The number of ketones is 1. The van der Waals surface area contributed by atoms with Crippen molar-refractivity contribution < 1.29 is 14.6 Å². The van der Waals surface area contributed by atoms with Gasteiger partial charge in [-0.25, -0.2) is 0 Å². The fraction of sp³-hybridized carbons (Fsp3) is 0.588. The quantitative estimate of drug-likeness (QED) is 0.767. The van der Waals surface area contributed by atoms with E-state index in [0.717, 1.165) is 30.5 Å². The summed E-state index contributed by atoms with van der Waals surface area (Å²) in [4.78, 5) is 12.5. The number of aromatic hydroxyl groups is 1. The van der Waals surface area contributed by atoms with E-state index in [2.05, 4.69) is 19.2 Å². The van der Waals surface area contributed by atoms with E-state index in [0.29, 0.717) is 24.1 Å². The summed E-state index contributed by atoms with van der Waals surface area (Å²) in [7, 11) is 0. The summed E-state index contributed by atoms with van der Waals surface area (Å²) in [6, 6.07) is 3.98. The number of Topliss-reactive ketones (excluding diaryl/α,β-unsaturated/α-hetero) is 1. The van der Waals surface area contributed by atoms with E-state index in [1.165, 1.54) is 0 Å². The zero-order valence-corrected chi connectivity index (χ0v) is 12.5. The third kappa shape index (κ3) is 1.51. The van der Waals surface area contributed by atoms with Crippen LogP contribution in [-0.4, -0.2) is 29.6 Å². The highest BCUT2D eigenvalue weighted by Crippen LogP contribution is 2.59. The summed E-state index contributed by atoms with van der Waals surface area (Å²) in [6.45, 7) is 5.15. The second kappa shape index (κ2) is 4.23. The first-order chi connectivity index (χ1) is 10.1. The summed E-state index contributed by atoms with van der Waals surface area (Å²) in [5.74, 6) is 1.29. The molecule has 0 aromatic heterocycles. The standard InChI is InChI=1S/C17H21NO3/c1-9-3-5-12(19)15-14(9)17-7-8-18-10(2)11(17)4-6-13(20)16(17)21-15/h3,5,10-11,16,18-19H,4,6-8H2,1-2H3. The molecule has 1 spiro atoms. The lowest BCUT2D eigenvalue weighted by Crippen LogP contribution is -2.62. The van der Waals surface area contributed by atoms with E-state index in [1.807, 2.05) is 6.07 Å². The number of carbonyl (C=O) groups is 1. The number of rotatable bonds is 0. The Morgan fingerprint density at radius 2 is 2.24 bits per heavy atom. The van der Waals surface area contributed by atoms with Gasteiger partial charge in [0.15, 0.2) is 23.4 Å². The molecule has 112 valence electrons. The molecule has 0 bridgehead atoms. The molecule has 1 saturated heterocycles. The summed E-state index contributed by atoms with van der Waals surface area (Å²) in [6.07, 6.45) is 1.97. The fourth-order valence-corrected chi connectivity index (χ4v) is 4.93. The molecule has 2 aliphatic heterocycles. The average Bonchev–Trinajstić information content (AvgIpc) is 2.80. The zero-order valence-electron chi connectivity index (χ0n) is 12.5. The molecular weight excluding hydrogens is 266 g/mol. The molecule has 1 aromatic rings. The lowest BCUT2D eigenvalue weighted by molar-refractivity contribution is -0.134. The topological polar surface area (TPSA) is 58.6 Å². The number of phenolic OH excluding ortho intramolecular Hbond substituents is 1. The van der Waals surface area contributed by atoms with Crippen LogP contribution in [0.3, 0.4) is 0 Å².